The predicted molar refractivity (Wildman–Crippen MR) is 73.8 cm³/mol. The van der Waals surface area contributed by atoms with Crippen LogP contribution in [0.5, 0.6) is 5.75 Å². The van der Waals surface area contributed by atoms with Gasteiger partial charge in [0.25, 0.3) is 5.69 Å². The van der Waals surface area contributed by atoms with Crippen molar-refractivity contribution >= 4 is 22.4 Å². The van der Waals surface area contributed by atoms with Gasteiger partial charge in [0.2, 0.25) is 0 Å². The number of pyridine rings is 1. The third-order valence-electron chi connectivity index (χ3n) is 3.01. The molecule has 0 saturated heterocycles. The fraction of sp³-hybridized carbons (Fsp3) is 0.286. The second kappa shape index (κ2) is 5.64. The van der Waals surface area contributed by atoms with Gasteiger partial charge in [-0.1, -0.05) is 6.92 Å². The summed E-state index contributed by atoms with van der Waals surface area (Å²) in [6, 6.07) is 6.20. The van der Waals surface area contributed by atoms with Gasteiger partial charge in [-0.2, -0.15) is 0 Å². The molecule has 0 saturated carbocycles. The van der Waals surface area contributed by atoms with E-state index in [4.69, 9.17) is 4.74 Å². The van der Waals surface area contributed by atoms with Crippen LogP contribution in [0.3, 0.4) is 0 Å². The standard InChI is InChI=1S/C14H14N2O4/c1-3-12(17)9(2)20-13-7-6-11(16(18)19)14-10(13)5-4-8-15-14/h4-9H,3H2,1-2H3. The van der Waals surface area contributed by atoms with Gasteiger partial charge in [0.15, 0.2) is 17.4 Å². The Labute approximate surface area is 115 Å². The van der Waals surface area contributed by atoms with E-state index in [1.807, 2.05) is 0 Å². The largest absolute Gasteiger partial charge is 0.482 e. The maximum atomic E-state index is 11.6. The number of non-ortho nitro benzene ring substituents is 1. The molecule has 104 valence electrons. The minimum atomic E-state index is -0.593. The fourth-order valence-electron chi connectivity index (χ4n) is 1.93. The average molecular weight is 274 g/mol. The van der Waals surface area contributed by atoms with E-state index < -0.39 is 11.0 Å². The first-order chi connectivity index (χ1) is 9.54. The summed E-state index contributed by atoms with van der Waals surface area (Å²) >= 11 is 0. The Morgan fingerprint density at radius 2 is 2.20 bits per heavy atom. The van der Waals surface area contributed by atoms with Crippen LogP contribution in [0.25, 0.3) is 10.9 Å². The van der Waals surface area contributed by atoms with Gasteiger partial charge in [0, 0.05) is 24.1 Å². The molecule has 0 N–H and O–H groups in total. The van der Waals surface area contributed by atoms with Crippen molar-refractivity contribution in [2.75, 3.05) is 0 Å². The number of ether oxygens (including phenoxy) is 1. The third kappa shape index (κ3) is 2.59. The molecule has 1 atom stereocenters. The van der Waals surface area contributed by atoms with Crippen LogP contribution in [0, 0.1) is 10.1 Å². The lowest BCUT2D eigenvalue weighted by Gasteiger charge is -2.14. The molecule has 1 aromatic carbocycles. The highest BCUT2D eigenvalue weighted by Gasteiger charge is 2.19. The van der Waals surface area contributed by atoms with Gasteiger partial charge in [0.1, 0.15) is 5.75 Å². The smallest absolute Gasteiger partial charge is 0.295 e. The molecule has 6 heteroatoms. The number of hydrogen-bond acceptors (Lipinski definition) is 5. The van der Waals surface area contributed by atoms with Crippen molar-refractivity contribution in [3.8, 4) is 5.75 Å². The molecule has 0 aliphatic carbocycles. The summed E-state index contributed by atoms with van der Waals surface area (Å²) in [7, 11) is 0. The summed E-state index contributed by atoms with van der Waals surface area (Å²) in [5.74, 6) is 0.397. The number of nitro benzene ring substituents is 1. The van der Waals surface area contributed by atoms with Crippen LogP contribution >= 0.6 is 0 Å². The van der Waals surface area contributed by atoms with Crippen molar-refractivity contribution in [3.05, 3.63) is 40.6 Å². The number of nitro groups is 1. The summed E-state index contributed by atoms with van der Waals surface area (Å²) in [4.78, 5) is 26.1. The molecule has 1 heterocycles. The van der Waals surface area contributed by atoms with Gasteiger partial charge in [-0.25, -0.2) is 4.98 Å². The average Bonchev–Trinajstić information content (AvgIpc) is 2.46. The maximum absolute atomic E-state index is 11.6. The fourth-order valence-corrected chi connectivity index (χ4v) is 1.93. The minimum absolute atomic E-state index is 0.0274. The molecule has 0 spiro atoms. The molecule has 20 heavy (non-hydrogen) atoms. The Balaban J connectivity index is 2.48. The Kier molecular flexibility index (Phi) is 3.93. The van der Waals surface area contributed by atoms with E-state index in [2.05, 4.69) is 4.98 Å². The van der Waals surface area contributed by atoms with Crippen molar-refractivity contribution < 1.29 is 14.5 Å². The topological polar surface area (TPSA) is 82.3 Å². The summed E-state index contributed by atoms with van der Waals surface area (Å²) in [6.07, 6.45) is 1.27. The molecular formula is C14H14N2O4. The molecule has 0 bridgehead atoms. The third-order valence-corrected chi connectivity index (χ3v) is 3.01. The van der Waals surface area contributed by atoms with Crippen LogP contribution < -0.4 is 4.74 Å². The van der Waals surface area contributed by atoms with Gasteiger partial charge >= 0.3 is 0 Å². The highest BCUT2D eigenvalue weighted by Crippen LogP contribution is 2.31. The van der Waals surface area contributed by atoms with E-state index in [0.717, 1.165) is 0 Å². The van der Waals surface area contributed by atoms with Gasteiger partial charge < -0.3 is 4.74 Å². The summed E-state index contributed by atoms with van der Waals surface area (Å²) < 4.78 is 5.60. The van der Waals surface area contributed by atoms with Crippen molar-refractivity contribution in [1.29, 1.82) is 0 Å². The highest BCUT2D eigenvalue weighted by molar-refractivity contribution is 5.92. The number of ketones is 1. The molecule has 0 radical (unpaired) electrons. The molecule has 2 aromatic rings. The molecule has 0 fully saturated rings. The van der Waals surface area contributed by atoms with E-state index in [0.29, 0.717) is 17.6 Å². The number of Topliss-reactive ketones (excluding diaryl/α,β-unsaturated/α-hetero) is 1. The number of rotatable bonds is 5. The van der Waals surface area contributed by atoms with E-state index in [1.54, 1.807) is 26.0 Å². The Morgan fingerprint density at radius 3 is 2.85 bits per heavy atom. The first-order valence-electron chi connectivity index (χ1n) is 6.26. The highest BCUT2D eigenvalue weighted by atomic mass is 16.6. The van der Waals surface area contributed by atoms with Gasteiger partial charge in [-0.15, -0.1) is 0 Å². The Hall–Kier alpha value is -2.50. The zero-order valence-electron chi connectivity index (χ0n) is 11.2. The summed E-state index contributed by atoms with van der Waals surface area (Å²) in [5, 5.41) is 11.5. The number of hydrogen-bond donors (Lipinski definition) is 0. The number of nitrogens with zero attached hydrogens (tertiary/aromatic N) is 2. The predicted octanol–water partition coefficient (Wildman–Crippen LogP) is 2.89. The lowest BCUT2D eigenvalue weighted by molar-refractivity contribution is -0.383. The molecule has 0 aliphatic heterocycles. The van der Waals surface area contributed by atoms with Crippen molar-refractivity contribution in [1.82, 2.24) is 4.98 Å². The van der Waals surface area contributed by atoms with Crippen molar-refractivity contribution in [3.63, 3.8) is 0 Å². The lowest BCUT2D eigenvalue weighted by Crippen LogP contribution is -2.22. The van der Waals surface area contributed by atoms with Gasteiger partial charge in [-0.3, -0.25) is 14.9 Å². The van der Waals surface area contributed by atoms with Crippen LogP contribution in [0.2, 0.25) is 0 Å². The molecule has 1 unspecified atom stereocenters. The van der Waals surface area contributed by atoms with Crippen LogP contribution in [-0.4, -0.2) is 21.8 Å². The first kappa shape index (κ1) is 13.9. The van der Waals surface area contributed by atoms with Crippen LogP contribution in [0.15, 0.2) is 30.5 Å². The van der Waals surface area contributed by atoms with Crippen LogP contribution in [-0.2, 0) is 4.79 Å². The second-order valence-corrected chi connectivity index (χ2v) is 4.32. The van der Waals surface area contributed by atoms with E-state index in [9.17, 15) is 14.9 Å². The number of aromatic nitrogens is 1. The molecule has 1 aromatic heterocycles. The first-order valence-corrected chi connectivity index (χ1v) is 6.26. The Morgan fingerprint density at radius 1 is 1.45 bits per heavy atom. The van der Waals surface area contributed by atoms with Gasteiger partial charge in [0.05, 0.1) is 4.92 Å². The van der Waals surface area contributed by atoms with Crippen LogP contribution in [0.1, 0.15) is 20.3 Å². The maximum Gasteiger partial charge on any atom is 0.295 e. The zero-order chi connectivity index (χ0) is 14.7. The quantitative estimate of drug-likeness (QED) is 0.618. The molecule has 2 rings (SSSR count). The Bertz CT molecular complexity index is 669. The number of carbonyl (C=O) groups excluding carboxylic acids is 1. The number of benzene rings is 1. The normalized spacial score (nSPS) is 12.1. The lowest BCUT2D eigenvalue weighted by atomic mass is 10.1. The second-order valence-electron chi connectivity index (χ2n) is 4.32. The van der Waals surface area contributed by atoms with Crippen molar-refractivity contribution in [2.45, 2.75) is 26.4 Å². The van der Waals surface area contributed by atoms with E-state index in [-0.39, 0.29) is 17.0 Å². The SMILES string of the molecule is CCC(=O)C(C)Oc1ccc([N+](=O)[O-])c2ncccc12. The van der Waals surface area contributed by atoms with E-state index in [1.165, 1.54) is 18.3 Å². The molecule has 0 amide bonds. The summed E-state index contributed by atoms with van der Waals surface area (Å²) in [6.45, 7) is 3.42. The van der Waals surface area contributed by atoms with Crippen molar-refractivity contribution in [2.24, 2.45) is 0 Å². The van der Waals surface area contributed by atoms with E-state index >= 15 is 0 Å². The summed E-state index contributed by atoms with van der Waals surface area (Å²) in [5.41, 5.74) is 0.175. The zero-order valence-corrected chi connectivity index (χ0v) is 11.2. The molecular weight excluding hydrogens is 260 g/mol. The monoisotopic (exact) mass is 274 g/mol. The van der Waals surface area contributed by atoms with Crippen LogP contribution in [0.4, 0.5) is 5.69 Å². The number of carbonyl (C=O) groups is 1. The molecule has 6 nitrogen and oxygen atoms in total. The minimum Gasteiger partial charge on any atom is -0.482 e. The number of fused-ring (bicyclic) bond motifs is 1. The van der Waals surface area contributed by atoms with Gasteiger partial charge in [-0.05, 0) is 25.1 Å². The molecule has 0 aliphatic rings.